The zero-order chi connectivity index (χ0) is 12.0. The molecule has 0 saturated carbocycles. The van der Waals surface area contributed by atoms with Crippen LogP contribution in [0.2, 0.25) is 5.02 Å². The minimum absolute atomic E-state index is 0.747. The highest BCUT2D eigenvalue weighted by atomic mass is 35.5. The van der Waals surface area contributed by atoms with E-state index in [0.29, 0.717) is 0 Å². The summed E-state index contributed by atoms with van der Waals surface area (Å²) in [7, 11) is 0. The molecule has 0 N–H and O–H groups in total. The number of rotatable bonds is 1. The third-order valence-electron chi connectivity index (χ3n) is 2.02. The Morgan fingerprint density at radius 2 is 1.94 bits per heavy atom. The summed E-state index contributed by atoms with van der Waals surface area (Å²) in [5.41, 5.74) is 2.07. The van der Waals surface area contributed by atoms with Crippen molar-refractivity contribution >= 4 is 28.6 Å². The van der Waals surface area contributed by atoms with E-state index in [1.54, 1.807) is 0 Å². The number of benzene rings is 1. The van der Waals surface area contributed by atoms with Gasteiger partial charge in [-0.15, -0.1) is 0 Å². The van der Waals surface area contributed by atoms with E-state index in [2.05, 4.69) is 11.1 Å². The number of hydrogen-bond acceptors (Lipinski definition) is 1. The Labute approximate surface area is 102 Å². The Morgan fingerprint density at radius 1 is 1.19 bits per heavy atom. The highest BCUT2D eigenvalue weighted by Crippen LogP contribution is 2.18. The van der Waals surface area contributed by atoms with Gasteiger partial charge in [0.1, 0.15) is 0 Å². The van der Waals surface area contributed by atoms with E-state index in [4.69, 9.17) is 11.6 Å². The number of nitrogens with zero attached hydrogens (tertiary/aromatic N) is 1. The first-order chi connectivity index (χ1) is 7.79. The van der Waals surface area contributed by atoms with Crippen LogP contribution in [0.1, 0.15) is 26.3 Å². The summed E-state index contributed by atoms with van der Waals surface area (Å²) in [4.78, 5) is 4.33. The fourth-order valence-electron chi connectivity index (χ4n) is 1.40. The molecule has 0 spiro atoms. The van der Waals surface area contributed by atoms with Gasteiger partial charge in [0.2, 0.25) is 0 Å². The molecule has 0 aliphatic heterocycles. The first-order valence-corrected chi connectivity index (χ1v) is 5.85. The van der Waals surface area contributed by atoms with E-state index in [1.165, 1.54) is 0 Å². The summed E-state index contributed by atoms with van der Waals surface area (Å²) in [6, 6.07) is 7.79. The molecule has 0 unspecified atom stereocenters. The first kappa shape index (κ1) is 12.7. The van der Waals surface area contributed by atoms with Crippen LogP contribution in [0.4, 0.5) is 0 Å². The standard InChI is InChI=1S/C12H10ClN.C2H6/c1-2-3-9-6-10-7-11(13)4-5-12(10)14-8-9;1-2/h2-8H,1H3;1-2H3/b3-2+;. The minimum atomic E-state index is 0.747. The third kappa shape index (κ3) is 3.07. The summed E-state index contributed by atoms with van der Waals surface area (Å²) >= 11 is 5.90. The van der Waals surface area contributed by atoms with Crippen molar-refractivity contribution in [2.45, 2.75) is 20.8 Å². The fraction of sp³-hybridized carbons (Fsp3) is 0.214. The fourth-order valence-corrected chi connectivity index (χ4v) is 1.58. The largest absolute Gasteiger partial charge is 0.256 e. The number of aromatic nitrogens is 1. The van der Waals surface area contributed by atoms with Gasteiger partial charge in [0.05, 0.1) is 5.52 Å². The molecule has 1 aromatic carbocycles. The molecule has 0 saturated heterocycles. The Bertz CT molecular complexity index is 489. The van der Waals surface area contributed by atoms with Crippen molar-refractivity contribution in [2.75, 3.05) is 0 Å². The van der Waals surface area contributed by atoms with Gasteiger partial charge < -0.3 is 0 Å². The van der Waals surface area contributed by atoms with Gasteiger partial charge in [0.15, 0.2) is 0 Å². The van der Waals surface area contributed by atoms with Gasteiger partial charge in [-0.1, -0.05) is 37.6 Å². The molecule has 0 bridgehead atoms. The molecule has 84 valence electrons. The molecule has 0 aliphatic carbocycles. The monoisotopic (exact) mass is 233 g/mol. The normalized spacial score (nSPS) is 10.2. The molecule has 1 heterocycles. The Kier molecular flexibility index (Phi) is 5.00. The molecule has 2 rings (SSSR count). The van der Waals surface area contributed by atoms with Crippen LogP contribution < -0.4 is 0 Å². The zero-order valence-corrected chi connectivity index (χ0v) is 10.6. The minimum Gasteiger partial charge on any atom is -0.256 e. The average Bonchev–Trinajstić information content (AvgIpc) is 2.31. The number of halogens is 1. The van der Waals surface area contributed by atoms with Crippen molar-refractivity contribution in [3.63, 3.8) is 0 Å². The van der Waals surface area contributed by atoms with Crippen LogP contribution in [0, 0.1) is 0 Å². The topological polar surface area (TPSA) is 12.9 Å². The quantitative estimate of drug-likeness (QED) is 0.679. The van der Waals surface area contributed by atoms with Crippen molar-refractivity contribution in [1.82, 2.24) is 4.98 Å². The molecule has 0 aliphatic rings. The van der Waals surface area contributed by atoms with Crippen molar-refractivity contribution in [1.29, 1.82) is 0 Å². The molecule has 2 heteroatoms. The lowest BCUT2D eigenvalue weighted by molar-refractivity contribution is 1.40. The van der Waals surface area contributed by atoms with Crippen LogP contribution in [-0.2, 0) is 0 Å². The molecule has 2 aromatic rings. The second kappa shape index (κ2) is 6.29. The SMILES string of the molecule is C/C=C/c1cnc2ccc(Cl)cc2c1.CC. The molecule has 16 heavy (non-hydrogen) atoms. The van der Waals surface area contributed by atoms with E-state index < -0.39 is 0 Å². The Balaban J connectivity index is 0.000000606. The van der Waals surface area contributed by atoms with Gasteiger partial charge in [-0.3, -0.25) is 4.98 Å². The van der Waals surface area contributed by atoms with Crippen molar-refractivity contribution in [2.24, 2.45) is 0 Å². The molecular formula is C14H16ClN. The molecule has 0 radical (unpaired) electrons. The summed E-state index contributed by atoms with van der Waals surface area (Å²) in [6.45, 7) is 5.99. The van der Waals surface area contributed by atoms with Crippen LogP contribution in [0.5, 0.6) is 0 Å². The second-order valence-electron chi connectivity index (χ2n) is 3.11. The second-order valence-corrected chi connectivity index (χ2v) is 3.54. The van der Waals surface area contributed by atoms with Gasteiger partial charge in [-0.2, -0.15) is 0 Å². The number of allylic oxidation sites excluding steroid dienone is 1. The maximum Gasteiger partial charge on any atom is 0.0703 e. The van der Waals surface area contributed by atoms with Crippen LogP contribution in [0.25, 0.3) is 17.0 Å². The maximum absolute atomic E-state index is 5.90. The summed E-state index contributed by atoms with van der Waals surface area (Å²) in [5.74, 6) is 0. The van der Waals surface area contributed by atoms with Crippen molar-refractivity contribution < 1.29 is 0 Å². The smallest absolute Gasteiger partial charge is 0.0703 e. The molecule has 0 amide bonds. The molecule has 0 fully saturated rings. The number of hydrogen-bond donors (Lipinski definition) is 0. The molecular weight excluding hydrogens is 218 g/mol. The summed E-state index contributed by atoms with van der Waals surface area (Å²) in [6.07, 6.45) is 5.87. The first-order valence-electron chi connectivity index (χ1n) is 5.47. The van der Waals surface area contributed by atoms with Gasteiger partial charge >= 0.3 is 0 Å². The van der Waals surface area contributed by atoms with E-state index in [-0.39, 0.29) is 0 Å². The van der Waals surface area contributed by atoms with Crippen LogP contribution in [-0.4, -0.2) is 4.98 Å². The van der Waals surface area contributed by atoms with Crippen LogP contribution >= 0.6 is 11.6 Å². The third-order valence-corrected chi connectivity index (χ3v) is 2.26. The highest BCUT2D eigenvalue weighted by Gasteiger charge is 1.96. The van der Waals surface area contributed by atoms with Gasteiger partial charge in [0.25, 0.3) is 0 Å². The van der Waals surface area contributed by atoms with Crippen LogP contribution in [0.15, 0.2) is 36.5 Å². The lowest BCUT2D eigenvalue weighted by Gasteiger charge is -1.99. The molecule has 1 nitrogen and oxygen atoms in total. The van der Waals surface area contributed by atoms with E-state index in [1.807, 2.05) is 57.3 Å². The van der Waals surface area contributed by atoms with Gasteiger partial charge in [0, 0.05) is 16.6 Å². The summed E-state index contributed by atoms with van der Waals surface area (Å²) in [5, 5.41) is 1.82. The van der Waals surface area contributed by atoms with Crippen molar-refractivity contribution in [3.05, 3.63) is 47.1 Å². The van der Waals surface area contributed by atoms with Gasteiger partial charge in [-0.25, -0.2) is 0 Å². The van der Waals surface area contributed by atoms with Crippen LogP contribution in [0.3, 0.4) is 0 Å². The molecule has 0 atom stereocenters. The maximum atomic E-state index is 5.90. The number of fused-ring (bicyclic) bond motifs is 1. The number of pyridine rings is 1. The molecule has 1 aromatic heterocycles. The average molecular weight is 234 g/mol. The lowest BCUT2D eigenvalue weighted by Crippen LogP contribution is -1.80. The summed E-state index contributed by atoms with van der Waals surface area (Å²) < 4.78 is 0. The van der Waals surface area contributed by atoms with Crippen molar-refractivity contribution in [3.8, 4) is 0 Å². The predicted octanol–water partition coefficient (Wildman–Crippen LogP) is 4.95. The zero-order valence-electron chi connectivity index (χ0n) is 9.87. The Morgan fingerprint density at radius 3 is 2.62 bits per heavy atom. The Hall–Kier alpha value is -1.34. The lowest BCUT2D eigenvalue weighted by atomic mass is 10.1. The van der Waals surface area contributed by atoms with Gasteiger partial charge in [-0.05, 0) is 36.8 Å². The van der Waals surface area contributed by atoms with E-state index in [9.17, 15) is 0 Å². The predicted molar refractivity (Wildman–Crippen MR) is 72.8 cm³/mol. The highest BCUT2D eigenvalue weighted by molar-refractivity contribution is 6.31. The van der Waals surface area contributed by atoms with E-state index >= 15 is 0 Å². The van der Waals surface area contributed by atoms with E-state index in [0.717, 1.165) is 21.5 Å².